The van der Waals surface area contributed by atoms with Crippen LogP contribution >= 0.6 is 46.7 Å². The molecule has 0 saturated carbocycles. The summed E-state index contributed by atoms with van der Waals surface area (Å²) in [4.78, 5) is 13.5. The fourth-order valence-corrected chi connectivity index (χ4v) is 4.54. The van der Waals surface area contributed by atoms with Gasteiger partial charge in [-0.05, 0) is 53.6 Å². The average Bonchev–Trinajstić information content (AvgIpc) is 2.67. The second-order valence-electron chi connectivity index (χ2n) is 5.65. The Labute approximate surface area is 172 Å². The number of thioether (sulfide) groups is 2. The second-order valence-corrected chi connectivity index (χ2v) is 8.59. The van der Waals surface area contributed by atoms with E-state index in [-0.39, 0.29) is 0 Å². The Morgan fingerprint density at radius 3 is 1.81 bits per heavy atom. The zero-order valence-corrected chi connectivity index (χ0v) is 17.0. The van der Waals surface area contributed by atoms with Crippen LogP contribution in [0.1, 0.15) is 21.5 Å². The molecular formula is C21H16Cl2OS2. The van der Waals surface area contributed by atoms with Crippen molar-refractivity contribution in [3.63, 3.8) is 0 Å². The number of hydrogen-bond acceptors (Lipinski definition) is 3. The van der Waals surface area contributed by atoms with Gasteiger partial charge in [0.25, 0.3) is 0 Å². The molecule has 1 nitrogen and oxygen atoms in total. The van der Waals surface area contributed by atoms with Crippen molar-refractivity contribution in [3.8, 4) is 0 Å². The molecule has 0 aliphatic carbocycles. The number of carbonyl (C=O) groups excluding carboxylic acids is 1. The van der Waals surface area contributed by atoms with Gasteiger partial charge in [-0.25, -0.2) is 0 Å². The first-order valence-corrected chi connectivity index (χ1v) is 10.7. The smallest absolute Gasteiger partial charge is 0.151 e. The Morgan fingerprint density at radius 1 is 0.731 bits per heavy atom. The molecule has 132 valence electrons. The topological polar surface area (TPSA) is 17.1 Å². The Hall–Kier alpha value is -1.39. The molecule has 0 aliphatic heterocycles. The summed E-state index contributed by atoms with van der Waals surface area (Å²) < 4.78 is 0. The first-order valence-electron chi connectivity index (χ1n) is 7.98. The monoisotopic (exact) mass is 418 g/mol. The third-order valence-corrected chi connectivity index (χ3v) is 6.45. The van der Waals surface area contributed by atoms with Gasteiger partial charge in [-0.3, -0.25) is 4.79 Å². The molecule has 0 radical (unpaired) electrons. The molecule has 0 amide bonds. The van der Waals surface area contributed by atoms with Crippen molar-refractivity contribution in [2.24, 2.45) is 0 Å². The quantitative estimate of drug-likeness (QED) is 0.294. The molecule has 3 aromatic carbocycles. The molecule has 0 unspecified atom stereocenters. The molecule has 5 heteroatoms. The van der Waals surface area contributed by atoms with E-state index in [9.17, 15) is 4.79 Å². The van der Waals surface area contributed by atoms with Crippen LogP contribution in [0.3, 0.4) is 0 Å². The summed E-state index contributed by atoms with van der Waals surface area (Å²) in [6, 6.07) is 21.6. The lowest BCUT2D eigenvalue weighted by molar-refractivity contribution is 0.112. The van der Waals surface area contributed by atoms with E-state index in [1.165, 1.54) is 11.1 Å². The maximum atomic E-state index is 11.4. The van der Waals surface area contributed by atoms with Crippen molar-refractivity contribution >= 4 is 53.0 Å². The first-order chi connectivity index (χ1) is 12.6. The minimum absolute atomic E-state index is 0.722. The predicted octanol–water partition coefficient (Wildman–Crippen LogP) is 7.39. The summed E-state index contributed by atoms with van der Waals surface area (Å²) in [6.07, 6.45) is 0.915. The molecule has 0 spiro atoms. The van der Waals surface area contributed by atoms with Gasteiger partial charge in [0.1, 0.15) is 0 Å². The highest BCUT2D eigenvalue weighted by molar-refractivity contribution is 7.99. The van der Waals surface area contributed by atoms with Crippen LogP contribution in [0.15, 0.2) is 76.5 Å². The van der Waals surface area contributed by atoms with Gasteiger partial charge in [-0.1, -0.05) is 47.5 Å². The molecule has 0 fully saturated rings. The highest BCUT2D eigenvalue weighted by Gasteiger charge is 2.06. The lowest BCUT2D eigenvalue weighted by atomic mass is 10.2. The van der Waals surface area contributed by atoms with Crippen LogP contribution < -0.4 is 0 Å². The Morgan fingerprint density at radius 2 is 1.27 bits per heavy atom. The third-order valence-electron chi connectivity index (χ3n) is 3.74. The maximum absolute atomic E-state index is 11.4. The molecule has 0 aliphatic rings. The maximum Gasteiger partial charge on any atom is 0.151 e. The van der Waals surface area contributed by atoms with Crippen LogP contribution in [-0.4, -0.2) is 6.29 Å². The van der Waals surface area contributed by atoms with Crippen molar-refractivity contribution < 1.29 is 4.79 Å². The number of hydrogen-bond donors (Lipinski definition) is 0. The second kappa shape index (κ2) is 9.52. The van der Waals surface area contributed by atoms with Crippen molar-refractivity contribution in [2.75, 3.05) is 0 Å². The van der Waals surface area contributed by atoms with Gasteiger partial charge in [0.05, 0.1) is 0 Å². The van der Waals surface area contributed by atoms with E-state index in [4.69, 9.17) is 23.2 Å². The molecule has 0 saturated heterocycles. The Balaban J connectivity index is 1.68. The highest BCUT2D eigenvalue weighted by Crippen LogP contribution is 2.32. The molecule has 0 bridgehead atoms. The van der Waals surface area contributed by atoms with Crippen LogP contribution in [0.25, 0.3) is 0 Å². The fraction of sp³-hybridized carbons (Fsp3) is 0.0952. The minimum atomic E-state index is 0.722. The van der Waals surface area contributed by atoms with Gasteiger partial charge in [-0.2, -0.15) is 0 Å². The number of benzene rings is 3. The number of halogens is 2. The van der Waals surface area contributed by atoms with Crippen molar-refractivity contribution in [2.45, 2.75) is 21.3 Å². The zero-order chi connectivity index (χ0) is 18.4. The van der Waals surface area contributed by atoms with E-state index in [1.807, 2.05) is 60.7 Å². The van der Waals surface area contributed by atoms with Crippen molar-refractivity contribution in [3.05, 3.63) is 93.5 Å². The summed E-state index contributed by atoms with van der Waals surface area (Å²) in [5.74, 6) is 1.65. The van der Waals surface area contributed by atoms with Gasteiger partial charge in [0.2, 0.25) is 0 Å². The summed E-state index contributed by atoms with van der Waals surface area (Å²) in [5, 5.41) is 1.47. The van der Waals surface area contributed by atoms with Gasteiger partial charge in [0, 0.05) is 36.9 Å². The SMILES string of the molecule is O=Cc1ccc(SCc2ccc(Cl)cc2)cc1SCc1ccc(Cl)cc1. The van der Waals surface area contributed by atoms with E-state index in [0.717, 1.165) is 43.2 Å². The summed E-state index contributed by atoms with van der Waals surface area (Å²) >= 11 is 15.3. The number of aldehydes is 1. The van der Waals surface area contributed by atoms with Crippen LogP contribution in [0, 0.1) is 0 Å². The van der Waals surface area contributed by atoms with E-state index >= 15 is 0 Å². The van der Waals surface area contributed by atoms with Crippen LogP contribution in [0.5, 0.6) is 0 Å². The van der Waals surface area contributed by atoms with Gasteiger partial charge < -0.3 is 0 Å². The fourth-order valence-electron chi connectivity index (χ4n) is 2.32. The predicted molar refractivity (Wildman–Crippen MR) is 114 cm³/mol. The number of carbonyl (C=O) groups is 1. The first kappa shape index (κ1) is 19.4. The lowest BCUT2D eigenvalue weighted by Crippen LogP contribution is -1.88. The van der Waals surface area contributed by atoms with Gasteiger partial charge >= 0.3 is 0 Å². The highest BCUT2D eigenvalue weighted by atomic mass is 35.5. The molecule has 0 atom stereocenters. The number of rotatable bonds is 7. The largest absolute Gasteiger partial charge is 0.298 e. The summed E-state index contributed by atoms with van der Waals surface area (Å²) in [5.41, 5.74) is 3.12. The molecule has 26 heavy (non-hydrogen) atoms. The third kappa shape index (κ3) is 5.55. The molecular weight excluding hydrogens is 403 g/mol. The van der Waals surface area contributed by atoms with Crippen LogP contribution in [-0.2, 0) is 11.5 Å². The Kier molecular flexibility index (Phi) is 7.09. The van der Waals surface area contributed by atoms with Gasteiger partial charge in [-0.15, -0.1) is 23.5 Å². The molecule has 3 rings (SSSR count). The molecule has 0 N–H and O–H groups in total. The summed E-state index contributed by atoms with van der Waals surface area (Å²) in [6.45, 7) is 0. The summed E-state index contributed by atoms with van der Waals surface area (Å²) in [7, 11) is 0. The Bertz CT molecular complexity index is 878. The molecule has 0 heterocycles. The van der Waals surface area contributed by atoms with Gasteiger partial charge in [0.15, 0.2) is 6.29 Å². The minimum Gasteiger partial charge on any atom is -0.298 e. The van der Waals surface area contributed by atoms with E-state index in [1.54, 1.807) is 23.5 Å². The zero-order valence-electron chi connectivity index (χ0n) is 13.8. The van der Waals surface area contributed by atoms with E-state index < -0.39 is 0 Å². The van der Waals surface area contributed by atoms with E-state index in [0.29, 0.717) is 0 Å². The van der Waals surface area contributed by atoms with Crippen LogP contribution in [0.2, 0.25) is 10.0 Å². The normalized spacial score (nSPS) is 10.7. The average molecular weight is 419 g/mol. The lowest BCUT2D eigenvalue weighted by Gasteiger charge is -2.09. The van der Waals surface area contributed by atoms with Crippen molar-refractivity contribution in [1.29, 1.82) is 0 Å². The standard InChI is InChI=1S/C21H16Cl2OS2/c22-18-6-1-15(2-7-18)13-25-20-10-5-17(12-24)21(11-20)26-14-16-3-8-19(23)9-4-16/h1-12H,13-14H2. The molecule has 0 aromatic heterocycles. The van der Waals surface area contributed by atoms with Crippen molar-refractivity contribution in [1.82, 2.24) is 0 Å². The van der Waals surface area contributed by atoms with E-state index in [2.05, 4.69) is 6.07 Å². The van der Waals surface area contributed by atoms with Crippen LogP contribution in [0.4, 0.5) is 0 Å². The molecule has 3 aromatic rings.